The third-order valence-electron chi connectivity index (χ3n) is 8.81. The first-order valence-corrected chi connectivity index (χ1v) is 15.4. The zero-order valence-electron chi connectivity index (χ0n) is 25.8. The third kappa shape index (κ3) is 6.10. The van der Waals surface area contributed by atoms with Gasteiger partial charge in [0.2, 0.25) is 0 Å². The molecule has 1 fully saturated rings. The van der Waals surface area contributed by atoms with Crippen molar-refractivity contribution in [1.82, 2.24) is 9.55 Å². The number of fused-ring (bicyclic) bond motifs is 1. The number of nitrogens with zero attached hydrogens (tertiary/aromatic N) is 3. The van der Waals surface area contributed by atoms with E-state index in [0.29, 0.717) is 34.6 Å². The fourth-order valence-corrected chi connectivity index (χ4v) is 5.93. The first kappa shape index (κ1) is 29.6. The van der Waals surface area contributed by atoms with Crippen LogP contribution in [0.5, 0.6) is 0 Å². The minimum Gasteiger partial charge on any atom is -0.393 e. The lowest BCUT2D eigenvalue weighted by atomic mass is 9.95. The number of aliphatic hydroxyl groups is 1. The first-order valence-electron chi connectivity index (χ1n) is 15.4. The van der Waals surface area contributed by atoms with E-state index < -0.39 is 0 Å². The van der Waals surface area contributed by atoms with Gasteiger partial charge in [-0.25, -0.2) is 9.37 Å². The highest BCUT2D eigenvalue weighted by Crippen LogP contribution is 2.34. The van der Waals surface area contributed by atoms with E-state index in [1.165, 1.54) is 17.2 Å². The van der Waals surface area contributed by atoms with Crippen molar-refractivity contribution < 1.29 is 9.50 Å². The van der Waals surface area contributed by atoms with Crippen LogP contribution in [-0.4, -0.2) is 33.9 Å². The average Bonchev–Trinajstić information content (AvgIpc) is 3.01. The second-order valence-electron chi connectivity index (χ2n) is 12.3. The van der Waals surface area contributed by atoms with E-state index >= 15 is 4.39 Å². The molecule has 1 saturated heterocycles. The Bertz CT molecular complexity index is 1870. The van der Waals surface area contributed by atoms with Gasteiger partial charge in [0.05, 0.1) is 35.6 Å². The Labute approximate surface area is 257 Å². The van der Waals surface area contributed by atoms with Crippen molar-refractivity contribution in [3.05, 3.63) is 118 Å². The van der Waals surface area contributed by atoms with Gasteiger partial charge in [-0.3, -0.25) is 4.79 Å². The van der Waals surface area contributed by atoms with Gasteiger partial charge in [-0.15, -0.1) is 0 Å². The lowest BCUT2D eigenvalue weighted by Crippen LogP contribution is -2.35. The monoisotopic (exact) mass is 590 g/mol. The Hall–Kier alpha value is -4.49. The van der Waals surface area contributed by atoms with Crippen LogP contribution in [0.2, 0.25) is 0 Å². The number of anilines is 3. The maximum Gasteiger partial charge on any atom is 0.260 e. The van der Waals surface area contributed by atoms with Gasteiger partial charge in [0.25, 0.3) is 5.56 Å². The molecular weight excluding hydrogens is 551 g/mol. The quantitative estimate of drug-likeness (QED) is 0.203. The molecule has 44 heavy (non-hydrogen) atoms. The van der Waals surface area contributed by atoms with Gasteiger partial charge < -0.3 is 19.9 Å². The van der Waals surface area contributed by atoms with Gasteiger partial charge in [0.1, 0.15) is 11.6 Å². The minimum atomic E-state index is -0.308. The van der Waals surface area contributed by atoms with Crippen LogP contribution >= 0.6 is 0 Å². The summed E-state index contributed by atoms with van der Waals surface area (Å²) in [5.41, 5.74) is 7.11. The molecule has 0 amide bonds. The molecule has 2 N–H and O–H groups in total. The molecule has 0 bridgehead atoms. The van der Waals surface area contributed by atoms with Gasteiger partial charge in [-0.05, 0) is 108 Å². The van der Waals surface area contributed by atoms with Crippen molar-refractivity contribution in [1.29, 1.82) is 0 Å². The Morgan fingerprint density at radius 2 is 1.77 bits per heavy atom. The van der Waals surface area contributed by atoms with Crippen molar-refractivity contribution in [2.45, 2.75) is 59.1 Å². The normalized spacial score (nSPS) is 14.0. The summed E-state index contributed by atoms with van der Waals surface area (Å²) in [6.07, 6.45) is 4.86. The fourth-order valence-electron chi connectivity index (χ4n) is 5.93. The lowest BCUT2D eigenvalue weighted by molar-refractivity contribution is 0.145. The largest absolute Gasteiger partial charge is 0.393 e. The SMILES string of the molecule is Cc1ccc(Cn2ccc3cc(-c4cc(C(C)C)ccc4F)cc(Nc4ccc(N5CCC(O)CC5)cn4)c3c2=O)cc1C. The number of rotatable bonds is 7. The molecular formula is C37H39FN4O2. The molecule has 5 aromatic rings. The summed E-state index contributed by atoms with van der Waals surface area (Å²) < 4.78 is 17.0. The highest BCUT2D eigenvalue weighted by atomic mass is 19.1. The van der Waals surface area contributed by atoms with Crippen molar-refractivity contribution in [2.75, 3.05) is 23.3 Å². The predicted molar refractivity (Wildman–Crippen MR) is 178 cm³/mol. The fraction of sp³-hybridized carbons (Fsp3) is 0.297. The van der Waals surface area contributed by atoms with E-state index in [4.69, 9.17) is 0 Å². The zero-order chi connectivity index (χ0) is 31.0. The predicted octanol–water partition coefficient (Wildman–Crippen LogP) is 7.70. The maximum absolute atomic E-state index is 15.3. The van der Waals surface area contributed by atoms with Crippen molar-refractivity contribution in [3.8, 4) is 11.1 Å². The molecule has 6 nitrogen and oxygen atoms in total. The Morgan fingerprint density at radius 3 is 2.48 bits per heavy atom. The Balaban J connectivity index is 1.43. The topological polar surface area (TPSA) is 70.4 Å². The molecule has 1 aliphatic rings. The third-order valence-corrected chi connectivity index (χ3v) is 8.81. The highest BCUT2D eigenvalue weighted by molar-refractivity contribution is 5.98. The molecule has 3 aromatic carbocycles. The average molecular weight is 591 g/mol. The Kier molecular flexibility index (Phi) is 8.23. The van der Waals surface area contributed by atoms with Crippen LogP contribution in [0.3, 0.4) is 0 Å². The van der Waals surface area contributed by atoms with Crippen molar-refractivity contribution in [2.24, 2.45) is 0 Å². The standard InChI is InChI=1S/C37H39FN4O2/c1-23(2)27-7-9-33(38)32(19-27)29-18-28-11-14-42(22-26-6-5-24(3)25(4)17-26)37(44)36(28)34(20-29)40-35-10-8-30(21-39-35)41-15-12-31(43)13-16-41/h5-11,14,17-21,23,31,43H,12-13,15-16,22H2,1-4H3,(H,39,40). The molecule has 0 atom stereocenters. The number of aryl methyl sites for hydroxylation is 2. The number of aliphatic hydroxyl groups excluding tert-OH is 1. The molecule has 0 aliphatic carbocycles. The molecule has 0 unspecified atom stereocenters. The number of halogens is 1. The molecule has 2 aromatic heterocycles. The minimum absolute atomic E-state index is 0.130. The second kappa shape index (κ2) is 12.2. The summed E-state index contributed by atoms with van der Waals surface area (Å²) >= 11 is 0. The number of benzene rings is 3. The summed E-state index contributed by atoms with van der Waals surface area (Å²) in [5, 5.41) is 14.5. The van der Waals surface area contributed by atoms with Crippen LogP contribution in [0.4, 0.5) is 21.6 Å². The number of piperidine rings is 1. The zero-order valence-corrected chi connectivity index (χ0v) is 25.8. The molecule has 226 valence electrons. The molecule has 0 spiro atoms. The number of hydrogen-bond donors (Lipinski definition) is 2. The van der Waals surface area contributed by atoms with Crippen LogP contribution in [0.25, 0.3) is 21.9 Å². The van der Waals surface area contributed by atoms with Gasteiger partial charge in [0, 0.05) is 24.8 Å². The first-order chi connectivity index (χ1) is 21.2. The summed E-state index contributed by atoms with van der Waals surface area (Å²) in [7, 11) is 0. The van der Waals surface area contributed by atoms with E-state index in [1.54, 1.807) is 4.57 Å². The number of hydrogen-bond acceptors (Lipinski definition) is 5. The number of nitrogens with one attached hydrogen (secondary N) is 1. The summed E-state index contributed by atoms with van der Waals surface area (Å²) in [6.45, 7) is 10.3. The molecule has 0 radical (unpaired) electrons. The van der Waals surface area contributed by atoms with Crippen LogP contribution in [0.1, 0.15) is 54.9 Å². The molecule has 7 heteroatoms. The van der Waals surface area contributed by atoms with Crippen molar-refractivity contribution in [3.63, 3.8) is 0 Å². The lowest BCUT2D eigenvalue weighted by Gasteiger charge is -2.31. The maximum atomic E-state index is 15.3. The van der Waals surface area contributed by atoms with Crippen molar-refractivity contribution >= 4 is 28.0 Å². The van der Waals surface area contributed by atoms with Crippen LogP contribution < -0.4 is 15.8 Å². The molecule has 3 heterocycles. The number of pyridine rings is 2. The van der Waals surface area contributed by atoms with Crippen LogP contribution in [0.15, 0.2) is 83.9 Å². The highest BCUT2D eigenvalue weighted by Gasteiger charge is 2.19. The van der Waals surface area contributed by atoms with Gasteiger partial charge in [-0.2, -0.15) is 0 Å². The van der Waals surface area contributed by atoms with Gasteiger partial charge >= 0.3 is 0 Å². The van der Waals surface area contributed by atoms with Gasteiger partial charge in [-0.1, -0.05) is 38.1 Å². The summed E-state index contributed by atoms with van der Waals surface area (Å²) in [4.78, 5) is 20.9. The van der Waals surface area contributed by atoms with Gasteiger partial charge in [0.15, 0.2) is 0 Å². The second-order valence-corrected chi connectivity index (χ2v) is 12.3. The number of aromatic nitrogens is 2. The molecule has 1 aliphatic heterocycles. The molecule has 0 saturated carbocycles. The molecule has 6 rings (SSSR count). The van der Waals surface area contributed by atoms with E-state index in [2.05, 4.69) is 61.1 Å². The summed E-state index contributed by atoms with van der Waals surface area (Å²) in [6, 6.07) is 21.1. The van der Waals surface area contributed by atoms with Crippen LogP contribution in [0, 0.1) is 19.7 Å². The Morgan fingerprint density at radius 1 is 0.977 bits per heavy atom. The smallest absolute Gasteiger partial charge is 0.260 e. The van der Waals surface area contributed by atoms with E-state index in [-0.39, 0.29) is 23.4 Å². The van der Waals surface area contributed by atoms with E-state index in [1.807, 2.05) is 54.9 Å². The van der Waals surface area contributed by atoms with E-state index in [0.717, 1.165) is 48.1 Å². The van der Waals surface area contributed by atoms with E-state index in [9.17, 15) is 9.90 Å². The summed E-state index contributed by atoms with van der Waals surface area (Å²) in [5.74, 6) is 0.525. The van der Waals surface area contributed by atoms with Crippen LogP contribution in [-0.2, 0) is 6.54 Å².